The second kappa shape index (κ2) is 13.4. The lowest BCUT2D eigenvalue weighted by molar-refractivity contribution is 0.180. The topological polar surface area (TPSA) is 54.0 Å². The van der Waals surface area contributed by atoms with Gasteiger partial charge in [-0.2, -0.15) is 0 Å². The van der Waals surface area contributed by atoms with Gasteiger partial charge in [-0.1, -0.05) is 58.9 Å². The van der Waals surface area contributed by atoms with Gasteiger partial charge >= 0.3 is 6.03 Å². The molecular formula is C29H45N3O3. The van der Waals surface area contributed by atoms with E-state index in [-0.39, 0.29) is 17.5 Å². The fraction of sp³-hybridized carbons (Fsp3) is 0.552. The van der Waals surface area contributed by atoms with Crippen molar-refractivity contribution in [2.75, 3.05) is 39.2 Å². The number of benzene rings is 2. The number of nitrogens with zero attached hydrogens (tertiary/aromatic N) is 2. The van der Waals surface area contributed by atoms with E-state index in [1.807, 2.05) is 17.0 Å². The molecule has 0 aliphatic carbocycles. The van der Waals surface area contributed by atoms with Crippen LogP contribution in [0.4, 0.5) is 10.5 Å². The van der Waals surface area contributed by atoms with Crippen molar-refractivity contribution in [3.05, 3.63) is 53.6 Å². The third-order valence-electron chi connectivity index (χ3n) is 6.61. The Kier molecular flexibility index (Phi) is 10.9. The van der Waals surface area contributed by atoms with E-state index < -0.39 is 0 Å². The van der Waals surface area contributed by atoms with Gasteiger partial charge in [0.2, 0.25) is 0 Å². The van der Waals surface area contributed by atoms with Crippen LogP contribution in [0.5, 0.6) is 11.5 Å². The van der Waals surface area contributed by atoms with E-state index in [0.717, 1.165) is 38.0 Å². The van der Waals surface area contributed by atoms with Gasteiger partial charge in [-0.3, -0.25) is 0 Å². The van der Waals surface area contributed by atoms with Crippen molar-refractivity contribution in [2.24, 2.45) is 0 Å². The lowest BCUT2D eigenvalue weighted by Crippen LogP contribution is -2.41. The summed E-state index contributed by atoms with van der Waals surface area (Å²) in [5.41, 5.74) is 3.12. The van der Waals surface area contributed by atoms with Crippen molar-refractivity contribution in [3.63, 3.8) is 0 Å². The van der Waals surface area contributed by atoms with Crippen LogP contribution in [-0.2, 0) is 12.0 Å². The Morgan fingerprint density at radius 2 is 1.66 bits per heavy atom. The summed E-state index contributed by atoms with van der Waals surface area (Å²) in [7, 11) is 3.20. The Balaban J connectivity index is 2.22. The number of rotatable bonds is 12. The predicted octanol–water partition coefficient (Wildman–Crippen LogP) is 6.55. The zero-order valence-electron chi connectivity index (χ0n) is 23.0. The Bertz CT molecular complexity index is 918. The number of ether oxygens (including phenoxy) is 2. The predicted molar refractivity (Wildman–Crippen MR) is 146 cm³/mol. The maximum absolute atomic E-state index is 13.5. The smallest absolute Gasteiger partial charge is 0.322 e. The minimum Gasteiger partial charge on any atom is -0.497 e. The minimum absolute atomic E-state index is 0.0806. The molecule has 2 aromatic rings. The number of carbonyl (C=O) groups excluding carboxylic acids is 1. The van der Waals surface area contributed by atoms with Crippen LogP contribution in [0.25, 0.3) is 0 Å². The Morgan fingerprint density at radius 3 is 2.20 bits per heavy atom. The fourth-order valence-corrected chi connectivity index (χ4v) is 4.13. The summed E-state index contributed by atoms with van der Waals surface area (Å²) in [5, 5.41) is 3.07. The van der Waals surface area contributed by atoms with Gasteiger partial charge in [-0.15, -0.1) is 0 Å². The van der Waals surface area contributed by atoms with E-state index in [9.17, 15) is 4.79 Å². The molecule has 0 aromatic heterocycles. The molecule has 2 amide bonds. The molecule has 194 valence electrons. The first-order valence-electron chi connectivity index (χ1n) is 12.7. The van der Waals surface area contributed by atoms with E-state index in [1.54, 1.807) is 20.3 Å². The zero-order chi connectivity index (χ0) is 26.0. The quantitative estimate of drug-likeness (QED) is 0.372. The van der Waals surface area contributed by atoms with E-state index >= 15 is 0 Å². The summed E-state index contributed by atoms with van der Waals surface area (Å²) < 4.78 is 10.8. The molecule has 0 heterocycles. The molecule has 1 unspecified atom stereocenters. The largest absolute Gasteiger partial charge is 0.497 e. The molecule has 6 nitrogen and oxygen atoms in total. The molecule has 0 saturated carbocycles. The van der Waals surface area contributed by atoms with Gasteiger partial charge in [-0.05, 0) is 68.1 Å². The van der Waals surface area contributed by atoms with Crippen LogP contribution in [0.2, 0.25) is 0 Å². The maximum atomic E-state index is 13.5. The molecule has 0 saturated heterocycles. The lowest BCUT2D eigenvalue weighted by atomic mass is 9.87. The molecule has 0 aliphatic heterocycles. The summed E-state index contributed by atoms with van der Waals surface area (Å²) in [5.74, 6) is 1.25. The molecule has 1 N–H and O–H groups in total. The first-order valence-corrected chi connectivity index (χ1v) is 12.7. The second-order valence-electron chi connectivity index (χ2n) is 10.1. The summed E-state index contributed by atoms with van der Waals surface area (Å²) in [6, 6.07) is 14.0. The molecule has 1 atom stereocenters. The number of amides is 2. The first kappa shape index (κ1) is 28.5. The van der Waals surface area contributed by atoms with Crippen molar-refractivity contribution in [2.45, 2.75) is 72.4 Å². The average Bonchev–Trinajstić information content (AvgIpc) is 2.84. The van der Waals surface area contributed by atoms with Crippen molar-refractivity contribution >= 4 is 11.7 Å². The Hall–Kier alpha value is -2.73. The molecule has 2 rings (SSSR count). The number of anilines is 1. The van der Waals surface area contributed by atoms with Gasteiger partial charge in [0.25, 0.3) is 0 Å². The minimum atomic E-state index is -0.135. The molecule has 6 heteroatoms. The van der Waals surface area contributed by atoms with Crippen LogP contribution in [-0.4, -0.2) is 55.7 Å². The Morgan fingerprint density at radius 1 is 1.00 bits per heavy atom. The van der Waals surface area contributed by atoms with E-state index in [4.69, 9.17) is 9.47 Å². The van der Waals surface area contributed by atoms with Gasteiger partial charge < -0.3 is 24.6 Å². The number of hydrogen-bond donors (Lipinski definition) is 1. The summed E-state index contributed by atoms with van der Waals surface area (Å²) in [4.78, 5) is 17.9. The van der Waals surface area contributed by atoms with Crippen molar-refractivity contribution < 1.29 is 14.3 Å². The van der Waals surface area contributed by atoms with Gasteiger partial charge in [-0.25, -0.2) is 4.79 Å². The number of carbonyl (C=O) groups is 1. The highest BCUT2D eigenvalue weighted by molar-refractivity contribution is 5.91. The molecule has 0 radical (unpaired) electrons. The third kappa shape index (κ3) is 8.46. The zero-order valence-corrected chi connectivity index (χ0v) is 23.0. The highest BCUT2D eigenvalue weighted by Crippen LogP contribution is 2.30. The molecule has 0 fully saturated rings. The summed E-state index contributed by atoms with van der Waals surface area (Å²) in [6.07, 6.45) is 1.98. The number of nitrogens with one attached hydrogen (secondary N) is 1. The molecule has 2 aromatic carbocycles. The van der Waals surface area contributed by atoms with Crippen LogP contribution in [0, 0.1) is 0 Å². The molecule has 0 aliphatic rings. The van der Waals surface area contributed by atoms with Crippen LogP contribution >= 0.6 is 0 Å². The lowest BCUT2D eigenvalue weighted by Gasteiger charge is -2.31. The first-order chi connectivity index (χ1) is 16.6. The highest BCUT2D eigenvalue weighted by atomic mass is 16.5. The molecule has 0 bridgehead atoms. The average molecular weight is 484 g/mol. The molecule has 35 heavy (non-hydrogen) atoms. The SMILES string of the molecule is CCN(CC)CCCC(C)N(Cc1ccc(C(C)(C)C)cc1)C(=O)Nc1ccc(OC)cc1OC. The molecule has 0 spiro atoms. The van der Waals surface area contributed by atoms with Crippen molar-refractivity contribution in [3.8, 4) is 11.5 Å². The van der Waals surface area contributed by atoms with Gasteiger partial charge in [0.15, 0.2) is 0 Å². The maximum Gasteiger partial charge on any atom is 0.322 e. The Labute approximate surface area is 212 Å². The number of hydrogen-bond acceptors (Lipinski definition) is 4. The van der Waals surface area contributed by atoms with Crippen LogP contribution in [0.3, 0.4) is 0 Å². The van der Waals surface area contributed by atoms with Crippen molar-refractivity contribution in [1.29, 1.82) is 0 Å². The van der Waals surface area contributed by atoms with E-state index in [2.05, 4.69) is 76.0 Å². The monoisotopic (exact) mass is 483 g/mol. The molecular weight excluding hydrogens is 438 g/mol. The fourth-order valence-electron chi connectivity index (χ4n) is 4.13. The van der Waals surface area contributed by atoms with E-state index in [1.165, 1.54) is 5.56 Å². The van der Waals surface area contributed by atoms with Crippen molar-refractivity contribution in [1.82, 2.24) is 9.80 Å². The van der Waals surface area contributed by atoms with Gasteiger partial charge in [0.1, 0.15) is 11.5 Å². The number of urea groups is 1. The van der Waals surface area contributed by atoms with Crippen LogP contribution in [0.1, 0.15) is 65.5 Å². The standard InChI is InChI=1S/C29H45N3O3/c1-9-31(10-2)19-11-12-22(3)32(21-23-13-15-24(16-14-23)29(4,5)6)28(33)30-26-18-17-25(34-7)20-27(26)35-8/h13-18,20,22H,9-12,19,21H2,1-8H3,(H,30,33). The normalized spacial score (nSPS) is 12.4. The highest BCUT2D eigenvalue weighted by Gasteiger charge is 2.22. The van der Waals surface area contributed by atoms with Crippen LogP contribution in [0.15, 0.2) is 42.5 Å². The van der Waals surface area contributed by atoms with Gasteiger partial charge in [0, 0.05) is 18.7 Å². The third-order valence-corrected chi connectivity index (χ3v) is 6.61. The summed E-state index contributed by atoms with van der Waals surface area (Å²) in [6.45, 7) is 16.8. The van der Waals surface area contributed by atoms with Crippen LogP contribution < -0.4 is 14.8 Å². The number of methoxy groups -OCH3 is 2. The second-order valence-corrected chi connectivity index (χ2v) is 10.1. The van der Waals surface area contributed by atoms with E-state index in [0.29, 0.717) is 23.7 Å². The summed E-state index contributed by atoms with van der Waals surface area (Å²) >= 11 is 0. The van der Waals surface area contributed by atoms with Gasteiger partial charge in [0.05, 0.1) is 19.9 Å².